The molecule has 0 aliphatic heterocycles. The Bertz CT molecular complexity index is 542. The molecular weight excluding hydrogens is 310 g/mol. The minimum Gasteiger partial charge on any atom is -0.326 e. The summed E-state index contributed by atoms with van der Waals surface area (Å²) >= 11 is 5.38. The topological polar surface area (TPSA) is 29.9 Å². The van der Waals surface area contributed by atoms with Crippen molar-refractivity contribution in [2.75, 3.05) is 0 Å². The molecule has 0 bridgehead atoms. The Morgan fingerprint density at radius 3 is 3.06 bits per heavy atom. The van der Waals surface area contributed by atoms with E-state index in [9.17, 15) is 0 Å². The summed E-state index contributed by atoms with van der Waals surface area (Å²) in [6.07, 6.45) is 4.64. The molecule has 0 amide bonds. The van der Waals surface area contributed by atoms with Gasteiger partial charge in [-0.25, -0.2) is 4.98 Å². The van der Waals surface area contributed by atoms with E-state index in [1.54, 1.807) is 11.3 Å². The van der Waals surface area contributed by atoms with Crippen molar-refractivity contribution in [1.82, 2.24) is 14.9 Å². The fourth-order valence-electron chi connectivity index (χ4n) is 1.99. The minimum atomic E-state index is 0.738. The van der Waals surface area contributed by atoms with Gasteiger partial charge in [-0.05, 0) is 47.1 Å². The van der Waals surface area contributed by atoms with Crippen LogP contribution in [0.25, 0.3) is 0 Å². The second-order valence-corrected chi connectivity index (χ2v) is 6.58. The van der Waals surface area contributed by atoms with Crippen LogP contribution in [0.4, 0.5) is 0 Å². The standard InChI is InChI=1S/C13H16BrN3S/c1-9-15-6-11(7-16-10-2-3-10)17(9)8-13-12(14)4-5-18-13/h4-6,10,16H,2-3,7-8H2,1H3. The van der Waals surface area contributed by atoms with Gasteiger partial charge in [0.05, 0.1) is 12.2 Å². The zero-order valence-electron chi connectivity index (χ0n) is 10.3. The number of rotatable bonds is 5. The van der Waals surface area contributed by atoms with Crippen molar-refractivity contribution < 1.29 is 0 Å². The van der Waals surface area contributed by atoms with Crippen molar-refractivity contribution in [3.63, 3.8) is 0 Å². The maximum Gasteiger partial charge on any atom is 0.106 e. The molecule has 0 radical (unpaired) electrons. The lowest BCUT2D eigenvalue weighted by atomic mass is 10.4. The molecule has 3 rings (SSSR count). The van der Waals surface area contributed by atoms with E-state index >= 15 is 0 Å². The summed E-state index contributed by atoms with van der Waals surface area (Å²) in [4.78, 5) is 5.79. The average Bonchev–Trinajstić information content (AvgIpc) is 3.01. The molecule has 1 N–H and O–H groups in total. The molecule has 18 heavy (non-hydrogen) atoms. The third kappa shape index (κ3) is 2.68. The smallest absolute Gasteiger partial charge is 0.106 e. The quantitative estimate of drug-likeness (QED) is 0.913. The van der Waals surface area contributed by atoms with E-state index in [1.165, 1.54) is 27.9 Å². The van der Waals surface area contributed by atoms with Crippen molar-refractivity contribution in [2.45, 2.75) is 38.9 Å². The molecular formula is C13H16BrN3S. The van der Waals surface area contributed by atoms with Gasteiger partial charge in [-0.3, -0.25) is 0 Å². The maximum atomic E-state index is 4.44. The van der Waals surface area contributed by atoms with Crippen LogP contribution in [0, 0.1) is 6.92 Å². The molecule has 1 aliphatic rings. The monoisotopic (exact) mass is 325 g/mol. The van der Waals surface area contributed by atoms with Crippen LogP contribution in [0.15, 0.2) is 22.1 Å². The van der Waals surface area contributed by atoms with Crippen LogP contribution < -0.4 is 5.32 Å². The van der Waals surface area contributed by atoms with Crippen LogP contribution in [-0.2, 0) is 13.1 Å². The number of hydrogen-bond acceptors (Lipinski definition) is 3. The molecule has 0 atom stereocenters. The summed E-state index contributed by atoms with van der Waals surface area (Å²) < 4.78 is 3.49. The van der Waals surface area contributed by atoms with Crippen LogP contribution in [0.1, 0.15) is 29.2 Å². The first kappa shape index (κ1) is 12.4. The average molecular weight is 326 g/mol. The maximum absolute atomic E-state index is 4.44. The number of aryl methyl sites for hydroxylation is 1. The first-order chi connectivity index (χ1) is 8.74. The van der Waals surface area contributed by atoms with Crippen LogP contribution in [0.3, 0.4) is 0 Å². The predicted octanol–water partition coefficient (Wildman–Crippen LogP) is 3.32. The molecule has 2 aromatic rings. The minimum absolute atomic E-state index is 0.738. The Morgan fingerprint density at radius 1 is 1.56 bits per heavy atom. The second kappa shape index (κ2) is 5.15. The van der Waals surface area contributed by atoms with E-state index in [1.807, 2.05) is 6.20 Å². The zero-order valence-corrected chi connectivity index (χ0v) is 12.7. The van der Waals surface area contributed by atoms with Crippen LogP contribution in [0.5, 0.6) is 0 Å². The Kier molecular flexibility index (Phi) is 3.54. The lowest BCUT2D eigenvalue weighted by Gasteiger charge is -2.10. The van der Waals surface area contributed by atoms with Gasteiger partial charge < -0.3 is 9.88 Å². The van der Waals surface area contributed by atoms with Crippen molar-refractivity contribution in [2.24, 2.45) is 0 Å². The highest BCUT2D eigenvalue weighted by Crippen LogP contribution is 2.25. The first-order valence-corrected chi connectivity index (χ1v) is 7.87. The van der Waals surface area contributed by atoms with Gasteiger partial charge in [-0.1, -0.05) is 0 Å². The third-order valence-electron chi connectivity index (χ3n) is 3.28. The second-order valence-electron chi connectivity index (χ2n) is 4.73. The lowest BCUT2D eigenvalue weighted by molar-refractivity contribution is 0.628. The number of nitrogens with zero attached hydrogens (tertiary/aromatic N) is 2. The highest BCUT2D eigenvalue weighted by atomic mass is 79.9. The number of aromatic nitrogens is 2. The van der Waals surface area contributed by atoms with Gasteiger partial charge in [0.2, 0.25) is 0 Å². The third-order valence-corrected chi connectivity index (χ3v) is 5.19. The summed E-state index contributed by atoms with van der Waals surface area (Å²) in [5.74, 6) is 1.09. The van der Waals surface area contributed by atoms with Gasteiger partial charge in [-0.15, -0.1) is 11.3 Å². The molecule has 5 heteroatoms. The first-order valence-electron chi connectivity index (χ1n) is 6.20. The number of hydrogen-bond donors (Lipinski definition) is 1. The molecule has 1 saturated carbocycles. The van der Waals surface area contributed by atoms with E-state index in [0.29, 0.717) is 0 Å². The van der Waals surface area contributed by atoms with Gasteiger partial charge in [0.1, 0.15) is 5.82 Å². The Hall–Kier alpha value is -0.650. The van der Waals surface area contributed by atoms with Gasteiger partial charge in [0.15, 0.2) is 0 Å². The number of thiophene rings is 1. The predicted molar refractivity (Wildman–Crippen MR) is 77.9 cm³/mol. The largest absolute Gasteiger partial charge is 0.326 e. The van der Waals surface area contributed by atoms with Crippen molar-refractivity contribution in [1.29, 1.82) is 0 Å². The molecule has 3 nitrogen and oxygen atoms in total. The normalized spacial score (nSPS) is 15.2. The molecule has 2 heterocycles. The van der Waals surface area contributed by atoms with Crippen LogP contribution in [-0.4, -0.2) is 15.6 Å². The van der Waals surface area contributed by atoms with E-state index < -0.39 is 0 Å². The summed E-state index contributed by atoms with van der Waals surface area (Å²) in [5.41, 5.74) is 1.28. The van der Waals surface area contributed by atoms with E-state index in [2.05, 4.69) is 49.2 Å². The van der Waals surface area contributed by atoms with Gasteiger partial charge in [0, 0.05) is 28.1 Å². The number of halogens is 1. The van der Waals surface area contributed by atoms with Crippen molar-refractivity contribution in [3.8, 4) is 0 Å². The van der Waals surface area contributed by atoms with E-state index in [0.717, 1.165) is 25.0 Å². The van der Waals surface area contributed by atoms with Crippen LogP contribution in [0.2, 0.25) is 0 Å². The highest BCUT2D eigenvalue weighted by Gasteiger charge is 2.21. The van der Waals surface area contributed by atoms with Crippen molar-refractivity contribution >= 4 is 27.3 Å². The highest BCUT2D eigenvalue weighted by molar-refractivity contribution is 9.10. The lowest BCUT2D eigenvalue weighted by Crippen LogP contribution is -2.18. The Morgan fingerprint density at radius 2 is 2.39 bits per heavy atom. The summed E-state index contributed by atoms with van der Waals surface area (Å²) in [5, 5.41) is 5.67. The summed E-state index contributed by atoms with van der Waals surface area (Å²) in [6.45, 7) is 3.91. The van der Waals surface area contributed by atoms with Gasteiger partial charge in [-0.2, -0.15) is 0 Å². The number of imidazole rings is 1. The number of nitrogens with one attached hydrogen (secondary N) is 1. The Labute approximate surface area is 119 Å². The van der Waals surface area contributed by atoms with Gasteiger partial charge in [0.25, 0.3) is 0 Å². The van der Waals surface area contributed by atoms with E-state index in [-0.39, 0.29) is 0 Å². The molecule has 0 saturated heterocycles. The molecule has 1 aliphatic carbocycles. The molecule has 2 aromatic heterocycles. The van der Waals surface area contributed by atoms with Crippen LogP contribution >= 0.6 is 27.3 Å². The van der Waals surface area contributed by atoms with Gasteiger partial charge >= 0.3 is 0 Å². The molecule has 0 unspecified atom stereocenters. The van der Waals surface area contributed by atoms with E-state index in [4.69, 9.17) is 0 Å². The SMILES string of the molecule is Cc1ncc(CNC2CC2)n1Cc1sccc1Br. The zero-order chi connectivity index (χ0) is 12.5. The molecule has 96 valence electrons. The molecule has 0 aromatic carbocycles. The fourth-order valence-corrected chi connectivity index (χ4v) is 3.46. The molecule has 0 spiro atoms. The van der Waals surface area contributed by atoms with Crippen molar-refractivity contribution in [3.05, 3.63) is 38.5 Å². The molecule has 1 fully saturated rings. The summed E-state index contributed by atoms with van der Waals surface area (Å²) in [7, 11) is 0. The Balaban J connectivity index is 1.76. The fraction of sp³-hybridized carbons (Fsp3) is 0.462. The summed E-state index contributed by atoms with van der Waals surface area (Å²) in [6, 6.07) is 2.84.